The van der Waals surface area contributed by atoms with Gasteiger partial charge in [0.25, 0.3) is 0 Å². The van der Waals surface area contributed by atoms with Crippen molar-refractivity contribution in [3.05, 3.63) is 0 Å². The average molecular weight is 306 g/mol. The van der Waals surface area contributed by atoms with Gasteiger partial charge in [0.15, 0.2) is 6.29 Å². The first-order valence-corrected chi connectivity index (χ1v) is 7.89. The van der Waals surface area contributed by atoms with Crippen LogP contribution in [0, 0.1) is 0 Å². The fourth-order valence-electron chi connectivity index (χ4n) is 2.33. The van der Waals surface area contributed by atoms with E-state index in [9.17, 15) is 10.2 Å². The molecule has 6 nitrogen and oxygen atoms in total. The molecule has 0 amide bonds. The molecule has 6 heteroatoms. The van der Waals surface area contributed by atoms with Crippen LogP contribution in [0.3, 0.4) is 0 Å². The minimum absolute atomic E-state index is 0.281. The quantitative estimate of drug-likeness (QED) is 0.588. The molecule has 21 heavy (non-hydrogen) atoms. The number of methoxy groups -OCH3 is 1. The summed E-state index contributed by atoms with van der Waals surface area (Å²) in [6, 6.07) is 0. The zero-order chi connectivity index (χ0) is 15.7. The van der Waals surface area contributed by atoms with Gasteiger partial charge in [0.2, 0.25) is 0 Å². The zero-order valence-corrected chi connectivity index (χ0v) is 13.4. The maximum Gasteiger partial charge on any atom is 0.186 e. The summed E-state index contributed by atoms with van der Waals surface area (Å²) in [5.41, 5.74) is 0. The molecule has 5 atom stereocenters. The Labute approximate surface area is 127 Å². The summed E-state index contributed by atoms with van der Waals surface area (Å²) < 4.78 is 22.5. The van der Waals surface area contributed by atoms with Gasteiger partial charge in [-0.05, 0) is 12.8 Å². The Morgan fingerprint density at radius 1 is 1.00 bits per heavy atom. The van der Waals surface area contributed by atoms with Crippen LogP contribution in [0.2, 0.25) is 0 Å². The number of hydrogen-bond acceptors (Lipinski definition) is 6. The summed E-state index contributed by atoms with van der Waals surface area (Å²) in [6.07, 6.45) is 0.542. The minimum atomic E-state index is -0.926. The van der Waals surface area contributed by atoms with Crippen molar-refractivity contribution in [1.29, 1.82) is 0 Å². The predicted molar refractivity (Wildman–Crippen MR) is 78.1 cm³/mol. The fourth-order valence-corrected chi connectivity index (χ4v) is 2.33. The second kappa shape index (κ2) is 10.5. The SMILES string of the molecule is CCCCOC1C(O)[C@H](CO)O[C@H](OC)[C@@H]1OCCCC. The molecule has 1 aliphatic heterocycles. The van der Waals surface area contributed by atoms with Crippen molar-refractivity contribution >= 4 is 0 Å². The standard InChI is InChI=1S/C15H30O6/c1-4-6-8-19-13-12(17)11(10-16)21-15(18-3)14(13)20-9-7-5-2/h11-17H,4-10H2,1-3H3/t11-,12?,13?,14+,15-/m0/s1. The second-order valence-corrected chi connectivity index (χ2v) is 5.33. The average Bonchev–Trinajstić information content (AvgIpc) is 2.50. The first-order valence-electron chi connectivity index (χ1n) is 7.89. The maximum atomic E-state index is 10.3. The van der Waals surface area contributed by atoms with E-state index >= 15 is 0 Å². The molecule has 0 saturated carbocycles. The van der Waals surface area contributed by atoms with E-state index in [1.165, 1.54) is 7.11 Å². The lowest BCUT2D eigenvalue weighted by molar-refractivity contribution is -0.310. The topological polar surface area (TPSA) is 77.4 Å². The number of hydrogen-bond donors (Lipinski definition) is 2. The summed E-state index contributed by atoms with van der Waals surface area (Å²) >= 11 is 0. The molecule has 0 aromatic carbocycles. The first kappa shape index (κ1) is 18.8. The molecule has 0 aromatic heterocycles. The van der Waals surface area contributed by atoms with Crippen LogP contribution in [0.4, 0.5) is 0 Å². The van der Waals surface area contributed by atoms with E-state index in [1.807, 2.05) is 0 Å². The molecule has 1 rings (SSSR count). The van der Waals surface area contributed by atoms with Gasteiger partial charge in [-0.3, -0.25) is 0 Å². The van der Waals surface area contributed by atoms with Gasteiger partial charge in [0.1, 0.15) is 24.4 Å². The van der Waals surface area contributed by atoms with Gasteiger partial charge in [0.05, 0.1) is 6.61 Å². The minimum Gasteiger partial charge on any atom is -0.394 e. The molecule has 1 saturated heterocycles. The third-order valence-corrected chi connectivity index (χ3v) is 3.65. The van der Waals surface area contributed by atoms with Gasteiger partial charge in [-0.25, -0.2) is 0 Å². The smallest absolute Gasteiger partial charge is 0.186 e. The van der Waals surface area contributed by atoms with Crippen LogP contribution < -0.4 is 0 Å². The summed E-state index contributed by atoms with van der Waals surface area (Å²) in [5, 5.41) is 19.7. The van der Waals surface area contributed by atoms with Crippen LogP contribution in [-0.2, 0) is 18.9 Å². The Balaban J connectivity index is 2.72. The van der Waals surface area contributed by atoms with Crippen molar-refractivity contribution < 1.29 is 29.2 Å². The number of aliphatic hydroxyl groups excluding tert-OH is 2. The molecule has 0 aliphatic carbocycles. The molecule has 2 unspecified atom stereocenters. The van der Waals surface area contributed by atoms with Crippen LogP contribution >= 0.6 is 0 Å². The summed E-state index contributed by atoms with van der Waals surface area (Å²) in [5.74, 6) is 0. The molecule has 1 heterocycles. The monoisotopic (exact) mass is 306 g/mol. The van der Waals surface area contributed by atoms with E-state index in [2.05, 4.69) is 13.8 Å². The summed E-state index contributed by atoms with van der Waals surface area (Å²) in [6.45, 7) is 4.99. The van der Waals surface area contributed by atoms with E-state index in [0.717, 1.165) is 25.7 Å². The highest BCUT2D eigenvalue weighted by atomic mass is 16.7. The lowest BCUT2D eigenvalue weighted by Gasteiger charge is -2.43. The molecule has 0 radical (unpaired) electrons. The van der Waals surface area contributed by atoms with Crippen molar-refractivity contribution in [2.75, 3.05) is 26.9 Å². The van der Waals surface area contributed by atoms with Crippen LogP contribution in [0.1, 0.15) is 39.5 Å². The molecular weight excluding hydrogens is 276 g/mol. The van der Waals surface area contributed by atoms with Crippen molar-refractivity contribution in [2.45, 2.75) is 70.2 Å². The van der Waals surface area contributed by atoms with E-state index in [1.54, 1.807) is 0 Å². The summed E-state index contributed by atoms with van der Waals surface area (Å²) in [7, 11) is 1.52. The highest BCUT2D eigenvalue weighted by Crippen LogP contribution is 2.26. The van der Waals surface area contributed by atoms with Gasteiger partial charge in [0, 0.05) is 20.3 Å². The van der Waals surface area contributed by atoms with Crippen LogP contribution in [0.25, 0.3) is 0 Å². The third-order valence-electron chi connectivity index (χ3n) is 3.65. The Hall–Kier alpha value is -0.240. The van der Waals surface area contributed by atoms with Gasteiger partial charge < -0.3 is 29.2 Å². The normalized spacial score (nSPS) is 33.3. The highest BCUT2D eigenvalue weighted by molar-refractivity contribution is 4.91. The number of rotatable bonds is 10. The van der Waals surface area contributed by atoms with E-state index in [4.69, 9.17) is 18.9 Å². The number of aliphatic hydroxyl groups is 2. The van der Waals surface area contributed by atoms with Crippen LogP contribution in [-0.4, -0.2) is 67.8 Å². The molecule has 0 spiro atoms. The Morgan fingerprint density at radius 2 is 1.57 bits per heavy atom. The van der Waals surface area contributed by atoms with Crippen LogP contribution in [0.5, 0.6) is 0 Å². The molecule has 2 N–H and O–H groups in total. The Bertz CT molecular complexity index is 263. The molecule has 0 aromatic rings. The Morgan fingerprint density at radius 3 is 2.05 bits per heavy atom. The molecule has 0 bridgehead atoms. The van der Waals surface area contributed by atoms with Crippen molar-refractivity contribution in [1.82, 2.24) is 0 Å². The van der Waals surface area contributed by atoms with E-state index < -0.39 is 30.7 Å². The third kappa shape index (κ3) is 5.47. The predicted octanol–water partition coefficient (Wildman–Crippen LogP) is 1.08. The van der Waals surface area contributed by atoms with E-state index in [-0.39, 0.29) is 6.61 Å². The van der Waals surface area contributed by atoms with Crippen LogP contribution in [0.15, 0.2) is 0 Å². The number of ether oxygens (including phenoxy) is 4. The highest BCUT2D eigenvalue weighted by Gasteiger charge is 2.46. The maximum absolute atomic E-state index is 10.3. The molecule has 1 fully saturated rings. The van der Waals surface area contributed by atoms with Crippen molar-refractivity contribution in [3.63, 3.8) is 0 Å². The van der Waals surface area contributed by atoms with E-state index in [0.29, 0.717) is 13.2 Å². The van der Waals surface area contributed by atoms with Crippen molar-refractivity contribution in [2.24, 2.45) is 0 Å². The fraction of sp³-hybridized carbons (Fsp3) is 1.00. The van der Waals surface area contributed by atoms with Gasteiger partial charge in [-0.1, -0.05) is 26.7 Å². The first-order chi connectivity index (χ1) is 10.2. The summed E-state index contributed by atoms with van der Waals surface area (Å²) in [4.78, 5) is 0. The molecule has 1 aliphatic rings. The largest absolute Gasteiger partial charge is 0.394 e. The lowest BCUT2D eigenvalue weighted by atomic mass is 9.98. The molecule has 126 valence electrons. The zero-order valence-electron chi connectivity index (χ0n) is 13.4. The Kier molecular flexibility index (Phi) is 9.39. The second-order valence-electron chi connectivity index (χ2n) is 5.33. The van der Waals surface area contributed by atoms with Gasteiger partial charge in [-0.15, -0.1) is 0 Å². The van der Waals surface area contributed by atoms with Crippen molar-refractivity contribution in [3.8, 4) is 0 Å². The van der Waals surface area contributed by atoms with Gasteiger partial charge >= 0.3 is 0 Å². The lowest BCUT2D eigenvalue weighted by Crippen LogP contribution is -2.60. The number of unbranched alkanes of at least 4 members (excludes halogenated alkanes) is 2. The van der Waals surface area contributed by atoms with Gasteiger partial charge in [-0.2, -0.15) is 0 Å². The molecular formula is C15H30O6.